The molecule has 0 N–H and O–H groups in total. The van der Waals surface area contributed by atoms with E-state index in [9.17, 15) is 0 Å². The van der Waals surface area contributed by atoms with E-state index in [1.807, 2.05) is 53.2 Å². The molecule has 3 aromatic rings. The molecule has 0 amide bonds. The lowest BCUT2D eigenvalue weighted by Gasteiger charge is -2.29. The molecule has 2 heterocycles. The zero-order valence-corrected chi connectivity index (χ0v) is 20.2. The lowest BCUT2D eigenvalue weighted by molar-refractivity contribution is -0.182. The first-order valence-electron chi connectivity index (χ1n) is 9.49. The number of rotatable bonds is 7. The van der Waals surface area contributed by atoms with Gasteiger partial charge in [0.05, 0.1) is 24.7 Å². The molecule has 8 heteroatoms. The van der Waals surface area contributed by atoms with E-state index in [0.29, 0.717) is 13.2 Å². The highest BCUT2D eigenvalue weighted by Gasteiger charge is 2.44. The number of hydrogen-bond donors (Lipinski definition) is 1. The lowest BCUT2D eigenvalue weighted by atomic mass is 10.0. The number of aromatic nitrogens is 2. The van der Waals surface area contributed by atoms with Gasteiger partial charge >= 0.3 is 0 Å². The normalized spacial score (nSPS) is 21.9. The van der Waals surface area contributed by atoms with Crippen molar-refractivity contribution < 1.29 is 9.47 Å². The van der Waals surface area contributed by atoms with Gasteiger partial charge in [-0.3, -0.25) is 0 Å². The van der Waals surface area contributed by atoms with Crippen LogP contribution in [0.15, 0.2) is 71.7 Å². The molecule has 4 nitrogen and oxygen atoms in total. The molecule has 0 aliphatic carbocycles. The summed E-state index contributed by atoms with van der Waals surface area (Å²) in [5, 5.41) is 0.646. The maximum Gasteiger partial charge on any atom is 0.187 e. The summed E-state index contributed by atoms with van der Waals surface area (Å²) in [6, 6.07) is 16.0. The molecule has 1 saturated heterocycles. The minimum Gasteiger partial charge on any atom is -0.345 e. The molecule has 0 saturated carbocycles. The summed E-state index contributed by atoms with van der Waals surface area (Å²) in [6.07, 6.45) is 6.88. The van der Waals surface area contributed by atoms with E-state index in [4.69, 9.17) is 33.7 Å². The molecular weight excluding hydrogens is 507 g/mol. The number of thiol groups is 1. The van der Waals surface area contributed by atoms with Crippen LogP contribution in [0, 0.1) is 0 Å². The zero-order valence-electron chi connectivity index (χ0n) is 16.2. The predicted octanol–water partition coefficient (Wildman–Crippen LogP) is 6.14. The second-order valence-electron chi connectivity index (χ2n) is 7.21. The fraction of sp³-hybridized carbons (Fsp3) is 0.318. The van der Waals surface area contributed by atoms with Crippen LogP contribution >= 0.6 is 52.6 Å². The standard InChI is InChI=1S/C22H22BrClN2O2S.ClH/c23-19-4-2-1-3-18(19)21(29)20-13-27-22(28-20,14-26-12-11-25-15-26)10-9-16-5-7-17(24)8-6-16;/h1-8,11-12,15,20-21,29H,9-10,13-14H2;1H. The van der Waals surface area contributed by atoms with E-state index < -0.39 is 5.79 Å². The monoisotopic (exact) mass is 528 g/mol. The largest absolute Gasteiger partial charge is 0.345 e. The Labute approximate surface area is 201 Å². The third-order valence-corrected chi connectivity index (χ3v) is 6.73. The van der Waals surface area contributed by atoms with E-state index in [1.54, 1.807) is 12.5 Å². The van der Waals surface area contributed by atoms with E-state index in [-0.39, 0.29) is 23.8 Å². The maximum atomic E-state index is 6.54. The van der Waals surface area contributed by atoms with Crippen molar-refractivity contribution in [2.24, 2.45) is 0 Å². The smallest absolute Gasteiger partial charge is 0.187 e. The molecule has 4 rings (SSSR count). The van der Waals surface area contributed by atoms with Crippen molar-refractivity contribution in [3.05, 3.63) is 87.9 Å². The van der Waals surface area contributed by atoms with Gasteiger partial charge in [-0.05, 0) is 35.7 Å². The summed E-state index contributed by atoms with van der Waals surface area (Å²) >= 11 is 14.5. The first kappa shape index (κ1) is 23.6. The van der Waals surface area contributed by atoms with Crippen LogP contribution < -0.4 is 0 Å². The summed E-state index contributed by atoms with van der Waals surface area (Å²) in [6.45, 7) is 1.07. The van der Waals surface area contributed by atoms with E-state index >= 15 is 0 Å². The van der Waals surface area contributed by atoms with E-state index in [1.165, 1.54) is 5.56 Å². The SMILES string of the molecule is Cl.SC(c1ccccc1Br)C1COC(CCc2ccc(Cl)cc2)(Cn2ccnc2)O1. The molecular formula is C22H23BrCl2N2O2S. The summed E-state index contributed by atoms with van der Waals surface area (Å²) in [5.74, 6) is -0.729. The van der Waals surface area contributed by atoms with Crippen LogP contribution in [0.4, 0.5) is 0 Å². The van der Waals surface area contributed by atoms with Crippen LogP contribution in [0.3, 0.4) is 0 Å². The van der Waals surface area contributed by atoms with Gasteiger partial charge in [0.2, 0.25) is 0 Å². The molecule has 0 radical (unpaired) electrons. The number of imidazole rings is 1. The van der Waals surface area contributed by atoms with E-state index in [0.717, 1.165) is 27.9 Å². The quantitative estimate of drug-likeness (QED) is 0.373. The summed E-state index contributed by atoms with van der Waals surface area (Å²) in [7, 11) is 0. The average molecular weight is 530 g/mol. The lowest BCUT2D eigenvalue weighted by Crippen LogP contribution is -2.37. The van der Waals surface area contributed by atoms with Crippen LogP contribution in [0.2, 0.25) is 5.02 Å². The van der Waals surface area contributed by atoms with Crippen molar-refractivity contribution in [2.75, 3.05) is 6.61 Å². The number of ether oxygens (including phenoxy) is 2. The third kappa shape index (κ3) is 5.61. The topological polar surface area (TPSA) is 36.3 Å². The molecule has 30 heavy (non-hydrogen) atoms. The van der Waals surface area contributed by atoms with Crippen molar-refractivity contribution in [3.63, 3.8) is 0 Å². The van der Waals surface area contributed by atoms with Crippen LogP contribution in [0.1, 0.15) is 22.8 Å². The number of aryl methyl sites for hydroxylation is 1. The number of nitrogens with zero attached hydrogens (tertiary/aromatic N) is 2. The van der Waals surface area contributed by atoms with Gasteiger partial charge in [0.25, 0.3) is 0 Å². The van der Waals surface area contributed by atoms with Crippen molar-refractivity contribution in [3.8, 4) is 0 Å². The first-order chi connectivity index (χ1) is 14.0. The molecule has 0 bridgehead atoms. The minimum absolute atomic E-state index is 0. The molecule has 1 fully saturated rings. The minimum atomic E-state index is -0.729. The summed E-state index contributed by atoms with van der Waals surface area (Å²) in [4.78, 5) is 4.15. The Bertz CT molecular complexity index is 943. The Balaban J connectivity index is 0.00000256. The first-order valence-corrected chi connectivity index (χ1v) is 11.2. The van der Waals surface area contributed by atoms with Crippen LogP contribution in [-0.2, 0) is 22.4 Å². The van der Waals surface area contributed by atoms with Crippen LogP contribution in [0.25, 0.3) is 0 Å². The molecule has 160 valence electrons. The molecule has 2 aromatic carbocycles. The van der Waals surface area contributed by atoms with Crippen LogP contribution in [0.5, 0.6) is 0 Å². The Hall–Kier alpha value is -1.02. The Morgan fingerprint density at radius 3 is 2.70 bits per heavy atom. The second-order valence-corrected chi connectivity index (χ2v) is 9.05. The Morgan fingerprint density at radius 1 is 1.23 bits per heavy atom. The van der Waals surface area contributed by atoms with Crippen molar-refractivity contribution in [1.29, 1.82) is 0 Å². The van der Waals surface area contributed by atoms with Gasteiger partial charge in [-0.25, -0.2) is 4.98 Å². The van der Waals surface area contributed by atoms with Gasteiger partial charge in [-0.2, -0.15) is 12.6 Å². The van der Waals surface area contributed by atoms with Gasteiger partial charge in [-0.15, -0.1) is 12.4 Å². The average Bonchev–Trinajstić information content (AvgIpc) is 3.38. The van der Waals surface area contributed by atoms with E-state index in [2.05, 4.69) is 27.0 Å². The number of benzene rings is 2. The molecule has 1 aliphatic heterocycles. The Kier molecular flexibility index (Phi) is 8.30. The predicted molar refractivity (Wildman–Crippen MR) is 129 cm³/mol. The van der Waals surface area contributed by atoms with Gasteiger partial charge in [0.15, 0.2) is 5.79 Å². The van der Waals surface area contributed by atoms with Gasteiger partial charge in [0.1, 0.15) is 6.10 Å². The highest BCUT2D eigenvalue weighted by atomic mass is 79.9. The highest BCUT2D eigenvalue weighted by molar-refractivity contribution is 9.10. The third-order valence-electron chi connectivity index (χ3n) is 5.14. The number of halogens is 3. The fourth-order valence-electron chi connectivity index (χ4n) is 3.59. The van der Waals surface area contributed by atoms with Gasteiger partial charge in [-0.1, -0.05) is 57.9 Å². The van der Waals surface area contributed by atoms with Crippen molar-refractivity contribution in [2.45, 2.75) is 36.5 Å². The molecule has 1 aliphatic rings. The molecule has 3 atom stereocenters. The Morgan fingerprint density at radius 2 is 2.00 bits per heavy atom. The second kappa shape index (κ2) is 10.5. The highest BCUT2D eigenvalue weighted by Crippen LogP contribution is 2.40. The molecule has 1 aromatic heterocycles. The zero-order chi connectivity index (χ0) is 20.3. The summed E-state index contributed by atoms with van der Waals surface area (Å²) in [5.41, 5.74) is 2.30. The maximum absolute atomic E-state index is 6.54. The van der Waals surface area contributed by atoms with Crippen LogP contribution in [-0.4, -0.2) is 28.0 Å². The van der Waals surface area contributed by atoms with Gasteiger partial charge < -0.3 is 14.0 Å². The summed E-state index contributed by atoms with van der Waals surface area (Å²) < 4.78 is 15.9. The molecule has 0 spiro atoms. The van der Waals surface area contributed by atoms with Crippen molar-refractivity contribution in [1.82, 2.24) is 9.55 Å². The number of hydrogen-bond acceptors (Lipinski definition) is 4. The molecule has 3 unspecified atom stereocenters. The fourth-order valence-corrected chi connectivity index (χ4v) is 4.79. The van der Waals surface area contributed by atoms with Gasteiger partial charge in [0, 0.05) is 28.3 Å². The van der Waals surface area contributed by atoms with Crippen molar-refractivity contribution >= 4 is 52.6 Å².